The third-order valence-electron chi connectivity index (χ3n) is 5.19. The second-order valence-electron chi connectivity index (χ2n) is 7.02. The number of carboxylic acids is 1. The van der Waals surface area contributed by atoms with Crippen LogP contribution in [0.15, 0.2) is 66.9 Å². The van der Waals surface area contributed by atoms with E-state index in [-0.39, 0.29) is 24.5 Å². The van der Waals surface area contributed by atoms with E-state index in [1.165, 1.54) is 18.3 Å². The Morgan fingerprint density at radius 3 is 2.27 bits per heavy atom. The van der Waals surface area contributed by atoms with E-state index in [1.807, 2.05) is 48.5 Å². The molecule has 2 aromatic carbocycles. The lowest BCUT2D eigenvalue weighted by Gasteiger charge is -2.17. The molecule has 2 N–H and O–H groups in total. The molecule has 1 aliphatic rings. The SMILES string of the molecule is O=C(NC(Cc1cccnc1F)C(=O)O)OCC1c2ccccc2-c2ccccc21. The van der Waals surface area contributed by atoms with Crippen LogP contribution in [-0.2, 0) is 16.0 Å². The Kier molecular flexibility index (Phi) is 5.43. The number of halogens is 1. The average molecular weight is 406 g/mol. The van der Waals surface area contributed by atoms with Crippen LogP contribution in [0.5, 0.6) is 0 Å². The zero-order chi connectivity index (χ0) is 21.1. The van der Waals surface area contributed by atoms with Gasteiger partial charge in [-0.2, -0.15) is 4.39 Å². The number of aliphatic carboxylic acids is 1. The molecule has 1 heterocycles. The normalized spacial score (nSPS) is 13.2. The van der Waals surface area contributed by atoms with Crippen molar-refractivity contribution in [1.29, 1.82) is 0 Å². The van der Waals surface area contributed by atoms with Crippen LogP contribution < -0.4 is 5.32 Å². The van der Waals surface area contributed by atoms with Gasteiger partial charge in [0.05, 0.1) is 0 Å². The molecule has 0 bridgehead atoms. The molecule has 4 rings (SSSR count). The molecule has 0 aliphatic heterocycles. The highest BCUT2D eigenvalue weighted by atomic mass is 19.1. The van der Waals surface area contributed by atoms with Crippen LogP contribution in [-0.4, -0.2) is 34.8 Å². The van der Waals surface area contributed by atoms with E-state index in [1.54, 1.807) is 0 Å². The quantitative estimate of drug-likeness (QED) is 0.609. The van der Waals surface area contributed by atoms with E-state index in [0.717, 1.165) is 22.3 Å². The lowest BCUT2D eigenvalue weighted by molar-refractivity contribution is -0.139. The monoisotopic (exact) mass is 406 g/mol. The number of fused-ring (bicyclic) bond motifs is 3. The molecule has 1 amide bonds. The fourth-order valence-corrected chi connectivity index (χ4v) is 3.77. The summed E-state index contributed by atoms with van der Waals surface area (Å²) < 4.78 is 19.1. The van der Waals surface area contributed by atoms with Crippen LogP contribution in [0, 0.1) is 5.95 Å². The van der Waals surface area contributed by atoms with Crippen LogP contribution in [0.1, 0.15) is 22.6 Å². The average Bonchev–Trinajstić information content (AvgIpc) is 3.07. The van der Waals surface area contributed by atoms with Crippen LogP contribution in [0.4, 0.5) is 9.18 Å². The van der Waals surface area contributed by atoms with Gasteiger partial charge >= 0.3 is 12.1 Å². The zero-order valence-electron chi connectivity index (χ0n) is 15.9. The lowest BCUT2D eigenvalue weighted by Crippen LogP contribution is -2.43. The molecule has 0 spiro atoms. The molecule has 1 aromatic heterocycles. The smallest absolute Gasteiger partial charge is 0.407 e. The van der Waals surface area contributed by atoms with Crippen molar-refractivity contribution in [2.75, 3.05) is 6.61 Å². The maximum absolute atomic E-state index is 13.7. The van der Waals surface area contributed by atoms with Gasteiger partial charge < -0.3 is 15.2 Å². The number of rotatable bonds is 6. The van der Waals surface area contributed by atoms with Crippen LogP contribution in [0.25, 0.3) is 11.1 Å². The topological polar surface area (TPSA) is 88.5 Å². The van der Waals surface area contributed by atoms with Crippen molar-refractivity contribution in [3.8, 4) is 11.1 Å². The second-order valence-corrected chi connectivity index (χ2v) is 7.02. The van der Waals surface area contributed by atoms with Gasteiger partial charge in [-0.15, -0.1) is 0 Å². The number of benzene rings is 2. The Bertz CT molecular complexity index is 1060. The summed E-state index contributed by atoms with van der Waals surface area (Å²) in [7, 11) is 0. The molecule has 1 atom stereocenters. The van der Waals surface area contributed by atoms with Crippen molar-refractivity contribution >= 4 is 12.1 Å². The number of nitrogens with zero attached hydrogens (tertiary/aromatic N) is 1. The van der Waals surface area contributed by atoms with E-state index < -0.39 is 24.1 Å². The molecular formula is C23H19FN2O4. The van der Waals surface area contributed by atoms with Crippen molar-refractivity contribution in [3.63, 3.8) is 0 Å². The van der Waals surface area contributed by atoms with Gasteiger partial charge in [-0.05, 0) is 28.3 Å². The fraction of sp³-hybridized carbons (Fsp3) is 0.174. The van der Waals surface area contributed by atoms with Gasteiger partial charge in [-0.1, -0.05) is 54.6 Å². The molecule has 0 saturated heterocycles. The Labute approximate surface area is 172 Å². The van der Waals surface area contributed by atoms with Crippen LogP contribution in [0.3, 0.4) is 0 Å². The number of hydrogen-bond acceptors (Lipinski definition) is 4. The van der Waals surface area contributed by atoms with E-state index in [0.29, 0.717) is 0 Å². The number of aromatic nitrogens is 1. The number of nitrogens with one attached hydrogen (secondary N) is 1. The predicted octanol–water partition coefficient (Wildman–Crippen LogP) is 3.76. The first kappa shape index (κ1) is 19.6. The molecule has 1 aliphatic carbocycles. The van der Waals surface area contributed by atoms with Gasteiger partial charge in [0.1, 0.15) is 12.6 Å². The standard InChI is InChI=1S/C23H19FN2O4/c24-21-14(6-5-11-25-21)12-20(22(27)28)26-23(29)30-13-19-17-9-3-1-7-15(17)16-8-2-4-10-18(16)19/h1-11,19-20H,12-13H2,(H,26,29)(H,27,28). The van der Waals surface area contributed by atoms with Gasteiger partial charge in [0, 0.05) is 24.1 Å². The summed E-state index contributed by atoms with van der Waals surface area (Å²) in [5, 5.41) is 11.7. The number of hydrogen-bond donors (Lipinski definition) is 2. The highest BCUT2D eigenvalue weighted by Gasteiger charge is 2.30. The number of ether oxygens (including phenoxy) is 1. The molecule has 0 fully saturated rings. The molecule has 152 valence electrons. The number of pyridine rings is 1. The summed E-state index contributed by atoms with van der Waals surface area (Å²) in [6.07, 6.45) is 0.167. The summed E-state index contributed by atoms with van der Waals surface area (Å²) in [5.41, 5.74) is 4.40. The van der Waals surface area contributed by atoms with Crippen molar-refractivity contribution in [1.82, 2.24) is 10.3 Å². The molecule has 0 saturated carbocycles. The predicted molar refractivity (Wildman–Crippen MR) is 108 cm³/mol. The minimum Gasteiger partial charge on any atom is -0.480 e. The Morgan fingerprint density at radius 2 is 1.67 bits per heavy atom. The van der Waals surface area contributed by atoms with E-state index in [9.17, 15) is 19.1 Å². The molecule has 3 aromatic rings. The first-order valence-electron chi connectivity index (χ1n) is 9.48. The zero-order valence-corrected chi connectivity index (χ0v) is 15.9. The first-order chi connectivity index (χ1) is 14.5. The molecule has 0 radical (unpaired) electrons. The third-order valence-corrected chi connectivity index (χ3v) is 5.19. The molecular weight excluding hydrogens is 387 g/mol. The number of alkyl carbamates (subject to hydrolysis) is 1. The van der Waals surface area contributed by atoms with Crippen molar-refractivity contribution < 1.29 is 23.8 Å². The van der Waals surface area contributed by atoms with Crippen LogP contribution >= 0.6 is 0 Å². The maximum atomic E-state index is 13.7. The second kappa shape index (κ2) is 8.32. The summed E-state index contributed by atoms with van der Waals surface area (Å²) in [5.74, 6) is -2.19. The number of amides is 1. The first-order valence-corrected chi connectivity index (χ1v) is 9.48. The Balaban J connectivity index is 1.44. The third kappa shape index (κ3) is 3.87. The summed E-state index contributed by atoms with van der Waals surface area (Å²) >= 11 is 0. The van der Waals surface area contributed by atoms with Gasteiger partial charge in [-0.3, -0.25) is 0 Å². The molecule has 6 nitrogen and oxygen atoms in total. The summed E-state index contributed by atoms with van der Waals surface area (Å²) in [6.45, 7) is 0.0629. The summed E-state index contributed by atoms with van der Waals surface area (Å²) in [6, 6.07) is 17.4. The molecule has 30 heavy (non-hydrogen) atoms. The Hall–Kier alpha value is -3.74. The van der Waals surface area contributed by atoms with Gasteiger partial charge in [0.2, 0.25) is 5.95 Å². The summed E-state index contributed by atoms with van der Waals surface area (Å²) in [4.78, 5) is 27.3. The molecule has 7 heteroatoms. The number of carbonyl (C=O) groups is 2. The highest BCUT2D eigenvalue weighted by molar-refractivity contribution is 5.81. The van der Waals surface area contributed by atoms with Crippen molar-refractivity contribution in [3.05, 3.63) is 89.5 Å². The van der Waals surface area contributed by atoms with E-state index in [4.69, 9.17) is 4.74 Å². The molecule has 1 unspecified atom stereocenters. The lowest BCUT2D eigenvalue weighted by atomic mass is 9.98. The van der Waals surface area contributed by atoms with Crippen molar-refractivity contribution in [2.45, 2.75) is 18.4 Å². The Morgan fingerprint density at radius 1 is 1.03 bits per heavy atom. The van der Waals surface area contributed by atoms with Gasteiger partial charge in [0.15, 0.2) is 0 Å². The highest BCUT2D eigenvalue weighted by Crippen LogP contribution is 2.44. The van der Waals surface area contributed by atoms with E-state index in [2.05, 4.69) is 10.3 Å². The largest absolute Gasteiger partial charge is 0.480 e. The van der Waals surface area contributed by atoms with Crippen molar-refractivity contribution in [2.24, 2.45) is 0 Å². The van der Waals surface area contributed by atoms with Crippen LogP contribution in [0.2, 0.25) is 0 Å². The minimum atomic E-state index is -1.33. The fourth-order valence-electron chi connectivity index (χ4n) is 3.77. The van der Waals surface area contributed by atoms with Gasteiger partial charge in [-0.25, -0.2) is 14.6 Å². The van der Waals surface area contributed by atoms with E-state index >= 15 is 0 Å². The number of carbonyl (C=O) groups excluding carboxylic acids is 1. The maximum Gasteiger partial charge on any atom is 0.407 e. The van der Waals surface area contributed by atoms with Gasteiger partial charge in [0.25, 0.3) is 0 Å². The number of carboxylic acid groups (broad SMARTS) is 1. The minimum absolute atomic E-state index is 0.0629.